The Kier molecular flexibility index (Phi) is 39.7. The van der Waals surface area contributed by atoms with Gasteiger partial charge in [0.1, 0.15) is 29.8 Å². The molecule has 129 heavy (non-hydrogen) atoms. The monoisotopic (exact) mass is 2050 g/mol. The van der Waals surface area contributed by atoms with Crippen LogP contribution >= 0.6 is 136 Å². The SMILES string of the molecule is CC(C)(Cl)CCC(C)(C)Cl.CC1(C)CCC(C)(C)c2sc(CBr)cc21.CC1(C)CCC(C)(C)c2sc(CBr)cc21.CCOC(=O)C[C@@H](c1ccc(O)cc1)c1nccn1C.Cc1cc2c(s1)C(C)(C)CCC2(C)C.Cc1cc2c(s1)C(C)(C)CCC2(C)C.Cc1cccs1.Cn1ccnc1[C@@H](CC(=O)O)c1ccc(OCc2cc3c(s2)C(C)(C)CCC3(C)C)cc1.[B]=NS. The van der Waals surface area contributed by atoms with Gasteiger partial charge in [-0.05, 0) is 292 Å². The van der Waals surface area contributed by atoms with Gasteiger partial charge >= 0.3 is 36.7 Å². The van der Waals surface area contributed by atoms with Gasteiger partial charge in [0.2, 0.25) is 0 Å². The number of phenols is 1. The van der Waals surface area contributed by atoms with Crippen LogP contribution in [-0.4, -0.2) is 65.2 Å². The normalized spacial score (nSPS) is 18.1. The van der Waals surface area contributed by atoms with E-state index in [4.69, 9.17) is 32.7 Å². The molecule has 11 nitrogen and oxygen atoms in total. The van der Waals surface area contributed by atoms with Crippen LogP contribution in [0.5, 0.6) is 11.5 Å². The maximum absolute atomic E-state index is 11.8. The van der Waals surface area contributed by atoms with Crippen molar-refractivity contribution in [3.05, 3.63) is 225 Å². The molecule has 8 heterocycles. The van der Waals surface area contributed by atoms with Gasteiger partial charge in [-0.2, -0.15) is 0 Å². The first kappa shape index (κ1) is 111. The molecule has 0 saturated heterocycles. The van der Waals surface area contributed by atoms with Gasteiger partial charge in [-0.3, -0.25) is 9.59 Å². The van der Waals surface area contributed by atoms with Crippen molar-refractivity contribution in [1.82, 2.24) is 19.1 Å². The van der Waals surface area contributed by atoms with Crippen molar-refractivity contribution in [3.8, 4) is 11.5 Å². The van der Waals surface area contributed by atoms with Gasteiger partial charge in [-0.25, -0.2) is 9.97 Å². The molecule has 709 valence electrons. The second-order valence-electron chi connectivity index (χ2n) is 43.4. The summed E-state index contributed by atoms with van der Waals surface area (Å²) in [6, 6.07) is 30.7. The summed E-state index contributed by atoms with van der Waals surface area (Å²) in [4.78, 5) is 48.2. The van der Waals surface area contributed by atoms with Crippen LogP contribution in [0.15, 0.2) is 125 Å². The van der Waals surface area contributed by atoms with E-state index in [-0.39, 0.29) is 57.0 Å². The molecular formula is C106H151BBr2Cl2N5O6S7. The van der Waals surface area contributed by atoms with Gasteiger partial charge in [-0.15, -0.1) is 91.2 Å². The van der Waals surface area contributed by atoms with Crippen LogP contribution in [0, 0.1) is 20.8 Å². The number of ether oxygens (including phenoxy) is 2. The van der Waals surface area contributed by atoms with E-state index in [1.165, 1.54) is 104 Å². The Hall–Kier alpha value is -4.65. The van der Waals surface area contributed by atoms with E-state index in [2.05, 4.69) is 274 Å². The zero-order chi connectivity index (χ0) is 96.8. The number of carbonyl (C=O) groups is 2. The molecule has 2 aromatic carbocycles. The van der Waals surface area contributed by atoms with Gasteiger partial charge in [0.05, 0.1) is 31.3 Å². The molecule has 0 aliphatic heterocycles. The Labute approximate surface area is 834 Å². The molecule has 2 atom stereocenters. The number of aryl methyl sites for hydroxylation is 5. The van der Waals surface area contributed by atoms with Crippen molar-refractivity contribution in [1.29, 1.82) is 0 Å². The minimum absolute atomic E-state index is 0.00260. The van der Waals surface area contributed by atoms with Crippen molar-refractivity contribution in [2.75, 3.05) is 6.61 Å². The second kappa shape index (κ2) is 46.0. The van der Waals surface area contributed by atoms with Crippen LogP contribution in [0.2, 0.25) is 0 Å². The third-order valence-corrected chi connectivity index (χ3v) is 36.7. The van der Waals surface area contributed by atoms with Crippen LogP contribution in [0.25, 0.3) is 0 Å². The molecular weight excluding hydrogens is 1910 g/mol. The standard InChI is InChI=1S/C26H32N2O3S.C15H18N2O3.2C13H19BrS.2C13H20S.C8H16Cl2.C5H6S.BHNS/c1-25(2)10-11-26(3,4)23-21(25)14-19(32-23)16-31-18-8-6-17(7-9-18)20(15-22(29)30)24-27-12-13-28(24)5;1-3-20-14(19)10-13(15-16-8-9-17(15)2)11-4-6-12(18)7-5-11;2*1-12(2)5-6-13(3,4)11-10(12)7-9(8-14)15-11;2*1-9-8-10-11(14-9)13(4,5)7-6-12(10,2)3;1-7(2,9)5-6-8(3,4)10;1-5-3-2-4-6-5;1-2-3/h6-9,12-14,20H,10-11,15-16H2,1-5H3,(H,29,30);4-9,13,18H,3,10H2,1-2H3;2*7H,5-6,8H2,1-4H3;2*8H,6-7H2,1-5H3;5-6H2,1-4H3;2-4H,1H3;3H/t20-;13-;;;;;;;/m00......./s1. The molecule has 10 aromatic rings. The average molecular weight is 2060 g/mol. The van der Waals surface area contributed by atoms with E-state index >= 15 is 0 Å². The van der Waals surface area contributed by atoms with Crippen molar-refractivity contribution >= 4 is 155 Å². The molecule has 5 aliphatic rings. The van der Waals surface area contributed by atoms with E-state index in [1.807, 2.05) is 144 Å². The number of esters is 1. The number of carbonyl (C=O) groups excluding carboxylic acids is 1. The topological polar surface area (TPSA) is 141 Å². The van der Waals surface area contributed by atoms with Crippen LogP contribution < -0.4 is 4.74 Å². The second-order valence-corrected chi connectivity index (χ2v) is 53.9. The van der Waals surface area contributed by atoms with Gasteiger partial charge in [0.25, 0.3) is 0 Å². The number of halogens is 4. The number of phenolic OH excluding ortho intramolecular Hbond substituents is 1. The number of thiol groups is 1. The molecule has 0 fully saturated rings. The van der Waals surface area contributed by atoms with Crippen molar-refractivity contribution < 1.29 is 29.3 Å². The molecule has 15 rings (SSSR count). The van der Waals surface area contributed by atoms with Crippen molar-refractivity contribution in [3.63, 3.8) is 0 Å². The quantitative estimate of drug-likeness (QED) is 0.0354. The van der Waals surface area contributed by atoms with E-state index < -0.39 is 5.97 Å². The number of alkyl halides is 4. The molecule has 0 amide bonds. The molecule has 0 unspecified atom stereocenters. The number of benzene rings is 2. The number of carboxylic acid groups (broad SMARTS) is 1. The Balaban J connectivity index is 0.000000208. The minimum atomic E-state index is -0.842. The molecule has 0 bridgehead atoms. The first-order valence-corrected chi connectivity index (χ1v) is 54.0. The molecule has 0 spiro atoms. The van der Waals surface area contributed by atoms with Gasteiger partial charge < -0.3 is 28.8 Å². The fourth-order valence-corrected chi connectivity index (χ4v) is 25.7. The fraction of sp³-hybridized carbons (Fsp3) is 0.585. The fourth-order valence-electron chi connectivity index (χ4n) is 17.3. The summed E-state index contributed by atoms with van der Waals surface area (Å²) < 4.78 is 17.6. The molecule has 2 N–H and O–H groups in total. The summed E-state index contributed by atoms with van der Waals surface area (Å²) >= 11 is 33.9. The number of carboxylic acids is 1. The van der Waals surface area contributed by atoms with Gasteiger partial charge in [-0.1, -0.05) is 201 Å². The number of aromatic hydroxyl groups is 1. The van der Waals surface area contributed by atoms with E-state index in [1.54, 1.807) is 96.7 Å². The number of thiophene rings is 6. The van der Waals surface area contributed by atoms with Crippen LogP contribution in [0.1, 0.15) is 379 Å². The summed E-state index contributed by atoms with van der Waals surface area (Å²) in [7, 11) is 8.11. The summed E-state index contributed by atoms with van der Waals surface area (Å²) in [5.41, 5.74) is 13.3. The molecule has 8 aromatic heterocycles. The molecule has 1 radical (unpaired) electrons. The van der Waals surface area contributed by atoms with Crippen LogP contribution in [0.3, 0.4) is 0 Å². The van der Waals surface area contributed by atoms with E-state index in [0.717, 1.165) is 52.0 Å². The van der Waals surface area contributed by atoms with Crippen molar-refractivity contribution in [2.24, 2.45) is 18.4 Å². The average Bonchev–Trinajstić information content (AvgIpc) is 1.56. The van der Waals surface area contributed by atoms with Crippen LogP contribution in [-0.2, 0) is 99.8 Å². The molecule has 23 heteroatoms. The number of nitrogens with zero attached hydrogens (tertiary/aromatic N) is 5. The summed E-state index contributed by atoms with van der Waals surface area (Å²) in [6.07, 6.45) is 22.2. The Morgan fingerprint density at radius 3 is 1.08 bits per heavy atom. The molecule has 5 aliphatic carbocycles. The maximum atomic E-state index is 11.8. The summed E-state index contributed by atoms with van der Waals surface area (Å²) in [5.74, 6) is 0.944. The number of imidazole rings is 2. The molecule has 0 saturated carbocycles. The zero-order valence-electron chi connectivity index (χ0n) is 83.2. The number of hydrogen-bond acceptors (Lipinski definition) is 15. The van der Waals surface area contributed by atoms with Crippen molar-refractivity contribution in [2.45, 2.75) is 377 Å². The predicted octanol–water partition coefficient (Wildman–Crippen LogP) is 33.1. The Bertz CT molecular complexity index is 4900. The number of aromatic nitrogens is 4. The number of fused-ring (bicyclic) bond motifs is 5. The number of rotatable bonds is 17. The zero-order valence-corrected chi connectivity index (χ0v) is 93.7. The van der Waals surface area contributed by atoms with Gasteiger partial charge in [0.15, 0.2) is 0 Å². The van der Waals surface area contributed by atoms with Crippen LogP contribution in [0.4, 0.5) is 0 Å². The first-order chi connectivity index (χ1) is 59.6. The third-order valence-electron chi connectivity index (χ3n) is 26.2. The Morgan fingerprint density at radius 2 is 0.806 bits per heavy atom. The third kappa shape index (κ3) is 31.4. The first-order valence-electron chi connectivity index (χ1n) is 45.6. The Morgan fingerprint density at radius 1 is 0.496 bits per heavy atom. The van der Waals surface area contributed by atoms with E-state index in [0.29, 0.717) is 56.5 Å². The number of aliphatic carboxylic acids is 1. The summed E-state index contributed by atoms with van der Waals surface area (Å²) in [5, 5.41) is 22.8. The number of hydrogen-bond donors (Lipinski definition) is 3. The summed E-state index contributed by atoms with van der Waals surface area (Å²) in [6.45, 7) is 64.8. The van der Waals surface area contributed by atoms with E-state index in [9.17, 15) is 19.8 Å². The van der Waals surface area contributed by atoms with Gasteiger partial charge in [0, 0.05) is 113 Å². The predicted molar refractivity (Wildman–Crippen MR) is 571 cm³/mol.